The molecule has 1 amide bonds. The Morgan fingerprint density at radius 2 is 1.62 bits per heavy atom. The van der Waals surface area contributed by atoms with Gasteiger partial charge >= 0.3 is 0 Å². The van der Waals surface area contributed by atoms with Gasteiger partial charge in [0.05, 0.1) is 29.7 Å². The summed E-state index contributed by atoms with van der Waals surface area (Å²) in [5.41, 5.74) is 5.86. The van der Waals surface area contributed by atoms with E-state index in [0.29, 0.717) is 6.54 Å². The number of carbonyl (C=O) groups is 1. The summed E-state index contributed by atoms with van der Waals surface area (Å²) in [6.45, 7) is 4.45. The molecule has 2 aromatic carbocycles. The zero-order chi connectivity index (χ0) is 20.2. The third kappa shape index (κ3) is 4.11. The number of aryl methyl sites for hydroxylation is 1. The minimum atomic E-state index is -0.0381. The van der Waals surface area contributed by atoms with Crippen LogP contribution in [0.1, 0.15) is 22.5 Å². The van der Waals surface area contributed by atoms with E-state index in [1.54, 1.807) is 10.9 Å². The Morgan fingerprint density at radius 3 is 2.31 bits per heavy atom. The van der Waals surface area contributed by atoms with Gasteiger partial charge in [-0.05, 0) is 43.7 Å². The predicted octanol–water partition coefficient (Wildman–Crippen LogP) is 3.53. The van der Waals surface area contributed by atoms with E-state index < -0.39 is 0 Å². The zero-order valence-corrected chi connectivity index (χ0v) is 16.5. The molecular weight excluding hydrogens is 362 g/mol. The Kier molecular flexibility index (Phi) is 5.24. The van der Waals surface area contributed by atoms with Crippen LogP contribution in [0.5, 0.6) is 0 Å². The SMILES string of the molecule is Cc1nn(-c2ccccc2)c(C)c1CNC(=O)Cc1cnn(-c2ccccc2)c1. The molecule has 0 saturated carbocycles. The van der Waals surface area contributed by atoms with E-state index in [0.717, 1.165) is 33.9 Å². The summed E-state index contributed by atoms with van der Waals surface area (Å²) in [5.74, 6) is -0.0381. The minimum absolute atomic E-state index is 0.0381. The van der Waals surface area contributed by atoms with Crippen LogP contribution >= 0.6 is 0 Å². The molecule has 0 fully saturated rings. The highest BCUT2D eigenvalue weighted by atomic mass is 16.1. The van der Waals surface area contributed by atoms with Gasteiger partial charge in [0, 0.05) is 24.0 Å². The van der Waals surface area contributed by atoms with Gasteiger partial charge in [-0.25, -0.2) is 9.36 Å². The summed E-state index contributed by atoms with van der Waals surface area (Å²) < 4.78 is 3.70. The third-order valence-corrected chi connectivity index (χ3v) is 4.93. The maximum atomic E-state index is 12.5. The summed E-state index contributed by atoms with van der Waals surface area (Å²) in [7, 11) is 0. The first kappa shape index (κ1) is 18.7. The molecule has 0 unspecified atom stereocenters. The number of hydrogen-bond donors (Lipinski definition) is 1. The topological polar surface area (TPSA) is 64.7 Å². The molecule has 4 aromatic rings. The molecule has 2 aromatic heterocycles. The van der Waals surface area contributed by atoms with E-state index in [1.165, 1.54) is 0 Å². The fraction of sp³-hybridized carbons (Fsp3) is 0.174. The number of hydrogen-bond acceptors (Lipinski definition) is 3. The second-order valence-electron chi connectivity index (χ2n) is 6.98. The molecule has 29 heavy (non-hydrogen) atoms. The van der Waals surface area contributed by atoms with Crippen LogP contribution in [0.4, 0.5) is 0 Å². The van der Waals surface area contributed by atoms with Crippen molar-refractivity contribution in [2.24, 2.45) is 0 Å². The Hall–Kier alpha value is -3.67. The maximum Gasteiger partial charge on any atom is 0.224 e. The van der Waals surface area contributed by atoms with E-state index in [2.05, 4.69) is 15.5 Å². The van der Waals surface area contributed by atoms with Crippen LogP contribution in [-0.2, 0) is 17.8 Å². The molecule has 0 atom stereocenters. The van der Waals surface area contributed by atoms with E-state index >= 15 is 0 Å². The number of aromatic nitrogens is 4. The van der Waals surface area contributed by atoms with E-state index in [9.17, 15) is 4.79 Å². The maximum absolute atomic E-state index is 12.5. The summed E-state index contributed by atoms with van der Waals surface area (Å²) in [4.78, 5) is 12.5. The molecule has 0 aliphatic heterocycles. The number of benzene rings is 2. The molecule has 2 heterocycles. The summed E-state index contributed by atoms with van der Waals surface area (Å²) >= 11 is 0. The van der Waals surface area contributed by atoms with Crippen LogP contribution in [0, 0.1) is 13.8 Å². The predicted molar refractivity (Wildman–Crippen MR) is 112 cm³/mol. The van der Waals surface area contributed by atoms with Crippen LogP contribution in [-0.4, -0.2) is 25.5 Å². The van der Waals surface area contributed by atoms with Crippen molar-refractivity contribution >= 4 is 5.91 Å². The van der Waals surface area contributed by atoms with Crippen LogP contribution in [0.2, 0.25) is 0 Å². The van der Waals surface area contributed by atoms with Crippen molar-refractivity contribution in [3.8, 4) is 11.4 Å². The Balaban J connectivity index is 1.41. The fourth-order valence-corrected chi connectivity index (χ4v) is 3.36. The normalized spacial score (nSPS) is 10.8. The van der Waals surface area contributed by atoms with Crippen molar-refractivity contribution in [1.82, 2.24) is 24.9 Å². The second-order valence-corrected chi connectivity index (χ2v) is 6.98. The molecule has 146 valence electrons. The van der Waals surface area contributed by atoms with Crippen molar-refractivity contribution < 1.29 is 4.79 Å². The molecule has 0 spiro atoms. The van der Waals surface area contributed by atoms with Gasteiger partial charge < -0.3 is 5.32 Å². The average Bonchev–Trinajstić information content (AvgIpc) is 3.32. The lowest BCUT2D eigenvalue weighted by Gasteiger charge is -2.07. The monoisotopic (exact) mass is 385 g/mol. The summed E-state index contributed by atoms with van der Waals surface area (Å²) in [5, 5.41) is 12.0. The van der Waals surface area contributed by atoms with Crippen molar-refractivity contribution in [2.45, 2.75) is 26.8 Å². The molecule has 0 saturated heterocycles. The Labute approximate surface area is 169 Å². The number of nitrogens with one attached hydrogen (secondary N) is 1. The first-order valence-electron chi connectivity index (χ1n) is 9.58. The number of nitrogens with zero attached hydrogens (tertiary/aromatic N) is 4. The average molecular weight is 385 g/mol. The van der Waals surface area contributed by atoms with Crippen LogP contribution < -0.4 is 5.32 Å². The quantitative estimate of drug-likeness (QED) is 0.552. The molecular formula is C23H23N5O. The van der Waals surface area contributed by atoms with Gasteiger partial charge in [0.15, 0.2) is 0 Å². The smallest absolute Gasteiger partial charge is 0.224 e. The molecule has 6 nitrogen and oxygen atoms in total. The van der Waals surface area contributed by atoms with Crippen molar-refractivity contribution in [3.63, 3.8) is 0 Å². The van der Waals surface area contributed by atoms with Gasteiger partial charge in [-0.2, -0.15) is 10.2 Å². The molecule has 0 radical (unpaired) electrons. The summed E-state index contributed by atoms with van der Waals surface area (Å²) in [6.07, 6.45) is 3.91. The lowest BCUT2D eigenvalue weighted by Crippen LogP contribution is -2.25. The number of para-hydroxylation sites is 2. The second kappa shape index (κ2) is 8.14. The summed E-state index contributed by atoms with van der Waals surface area (Å²) in [6, 6.07) is 19.8. The molecule has 6 heteroatoms. The van der Waals surface area contributed by atoms with E-state index in [-0.39, 0.29) is 12.3 Å². The fourth-order valence-electron chi connectivity index (χ4n) is 3.36. The molecule has 0 aliphatic rings. The largest absolute Gasteiger partial charge is 0.352 e. The number of amides is 1. The zero-order valence-electron chi connectivity index (χ0n) is 16.5. The van der Waals surface area contributed by atoms with Crippen LogP contribution in [0.3, 0.4) is 0 Å². The lowest BCUT2D eigenvalue weighted by molar-refractivity contribution is -0.120. The van der Waals surface area contributed by atoms with Crippen LogP contribution in [0.25, 0.3) is 11.4 Å². The van der Waals surface area contributed by atoms with Crippen LogP contribution in [0.15, 0.2) is 73.1 Å². The van der Waals surface area contributed by atoms with E-state index in [4.69, 9.17) is 0 Å². The van der Waals surface area contributed by atoms with Gasteiger partial charge in [-0.1, -0.05) is 36.4 Å². The Morgan fingerprint density at radius 1 is 0.966 bits per heavy atom. The van der Waals surface area contributed by atoms with Gasteiger partial charge in [0.1, 0.15) is 0 Å². The van der Waals surface area contributed by atoms with Gasteiger partial charge in [0.2, 0.25) is 5.91 Å². The third-order valence-electron chi connectivity index (χ3n) is 4.93. The molecule has 1 N–H and O–H groups in total. The van der Waals surface area contributed by atoms with Gasteiger partial charge in [-0.15, -0.1) is 0 Å². The highest BCUT2D eigenvalue weighted by molar-refractivity contribution is 5.78. The highest BCUT2D eigenvalue weighted by Gasteiger charge is 2.14. The lowest BCUT2D eigenvalue weighted by atomic mass is 10.2. The number of carbonyl (C=O) groups excluding carboxylic acids is 1. The molecule has 0 aliphatic carbocycles. The van der Waals surface area contributed by atoms with Crippen molar-refractivity contribution in [2.75, 3.05) is 0 Å². The van der Waals surface area contributed by atoms with Crippen molar-refractivity contribution in [3.05, 3.63) is 95.6 Å². The van der Waals surface area contributed by atoms with E-state index in [1.807, 2.05) is 85.4 Å². The Bertz CT molecular complexity index is 1110. The number of rotatable bonds is 6. The highest BCUT2D eigenvalue weighted by Crippen LogP contribution is 2.17. The van der Waals surface area contributed by atoms with Gasteiger partial charge in [-0.3, -0.25) is 4.79 Å². The van der Waals surface area contributed by atoms with Crippen molar-refractivity contribution in [1.29, 1.82) is 0 Å². The standard InChI is InChI=1S/C23H23N5O/c1-17-22(18(2)28(26-17)21-11-7-4-8-12-21)15-24-23(29)13-19-14-25-27(16-19)20-9-5-3-6-10-20/h3-12,14,16H,13,15H2,1-2H3,(H,24,29). The molecule has 4 rings (SSSR count). The minimum Gasteiger partial charge on any atom is -0.352 e. The molecule has 0 bridgehead atoms. The van der Waals surface area contributed by atoms with Gasteiger partial charge in [0.25, 0.3) is 0 Å². The first-order chi connectivity index (χ1) is 14.1. The first-order valence-corrected chi connectivity index (χ1v) is 9.58.